The molecule has 0 aliphatic carbocycles. The maximum Gasteiger partial charge on any atom is 0.115 e. The standard InChI is InChI=1S/C17H21NO/c1-12(2)17(14-7-5-4-6-8-14)18-16-10-9-15(19)11-13(16)3/h4-12,17-19H,1-3H3. The first kappa shape index (κ1) is 13.5. The highest BCUT2D eigenvalue weighted by Gasteiger charge is 2.16. The quantitative estimate of drug-likeness (QED) is 0.788. The molecule has 0 saturated heterocycles. The lowest BCUT2D eigenvalue weighted by Crippen LogP contribution is -2.17. The minimum Gasteiger partial charge on any atom is -0.508 e. The molecular formula is C17H21NO. The van der Waals surface area contributed by atoms with Gasteiger partial charge in [0.1, 0.15) is 5.75 Å². The third-order valence-electron chi connectivity index (χ3n) is 3.35. The second-order valence-corrected chi connectivity index (χ2v) is 5.28. The van der Waals surface area contributed by atoms with Gasteiger partial charge in [-0.15, -0.1) is 0 Å². The highest BCUT2D eigenvalue weighted by atomic mass is 16.3. The molecule has 1 unspecified atom stereocenters. The number of benzene rings is 2. The van der Waals surface area contributed by atoms with Crippen LogP contribution in [0.5, 0.6) is 5.75 Å². The van der Waals surface area contributed by atoms with Crippen LogP contribution >= 0.6 is 0 Å². The van der Waals surface area contributed by atoms with E-state index in [1.807, 2.05) is 19.1 Å². The second-order valence-electron chi connectivity index (χ2n) is 5.28. The number of anilines is 1. The molecule has 0 aliphatic heterocycles. The molecule has 0 saturated carbocycles. The molecule has 19 heavy (non-hydrogen) atoms. The third kappa shape index (κ3) is 3.28. The summed E-state index contributed by atoms with van der Waals surface area (Å²) >= 11 is 0. The van der Waals surface area contributed by atoms with Gasteiger partial charge in [-0.1, -0.05) is 44.2 Å². The summed E-state index contributed by atoms with van der Waals surface area (Å²) in [6, 6.07) is 16.2. The summed E-state index contributed by atoms with van der Waals surface area (Å²) in [6.45, 7) is 6.42. The van der Waals surface area contributed by atoms with Gasteiger partial charge in [-0.2, -0.15) is 0 Å². The van der Waals surface area contributed by atoms with Gasteiger partial charge in [0.05, 0.1) is 6.04 Å². The van der Waals surface area contributed by atoms with Crippen molar-refractivity contribution in [3.63, 3.8) is 0 Å². The predicted molar refractivity (Wildman–Crippen MR) is 80.5 cm³/mol. The molecule has 0 aliphatic rings. The molecule has 2 N–H and O–H groups in total. The van der Waals surface area contributed by atoms with Crippen molar-refractivity contribution < 1.29 is 5.11 Å². The van der Waals surface area contributed by atoms with Crippen LogP contribution in [0.2, 0.25) is 0 Å². The Kier molecular flexibility index (Phi) is 4.10. The van der Waals surface area contributed by atoms with E-state index in [0.717, 1.165) is 11.3 Å². The van der Waals surface area contributed by atoms with Crippen molar-refractivity contribution in [2.75, 3.05) is 5.32 Å². The minimum atomic E-state index is 0.268. The lowest BCUT2D eigenvalue weighted by Gasteiger charge is -2.25. The van der Waals surface area contributed by atoms with Crippen molar-refractivity contribution >= 4 is 5.69 Å². The Bertz CT molecular complexity index is 534. The summed E-state index contributed by atoms with van der Waals surface area (Å²) in [7, 11) is 0. The Morgan fingerprint density at radius 1 is 1.00 bits per heavy atom. The summed E-state index contributed by atoms with van der Waals surface area (Å²) in [4.78, 5) is 0. The highest BCUT2D eigenvalue weighted by Crippen LogP contribution is 2.29. The van der Waals surface area contributed by atoms with Crippen LogP contribution in [-0.4, -0.2) is 5.11 Å². The highest BCUT2D eigenvalue weighted by molar-refractivity contribution is 5.54. The third-order valence-corrected chi connectivity index (χ3v) is 3.35. The summed E-state index contributed by atoms with van der Waals surface area (Å²) in [5, 5.41) is 13.0. The molecule has 0 bridgehead atoms. The predicted octanol–water partition coefficient (Wildman–Crippen LogP) is 4.51. The number of phenolic OH excluding ortho intramolecular Hbond substituents is 1. The van der Waals surface area contributed by atoms with Gasteiger partial charge in [0, 0.05) is 5.69 Å². The lowest BCUT2D eigenvalue weighted by atomic mass is 9.95. The van der Waals surface area contributed by atoms with E-state index in [1.165, 1.54) is 5.56 Å². The Labute approximate surface area is 115 Å². The van der Waals surface area contributed by atoms with Crippen LogP contribution in [-0.2, 0) is 0 Å². The summed E-state index contributed by atoms with van der Waals surface area (Å²) in [5.74, 6) is 0.791. The smallest absolute Gasteiger partial charge is 0.115 e. The first-order valence-corrected chi connectivity index (χ1v) is 6.69. The lowest BCUT2D eigenvalue weighted by molar-refractivity contribution is 0.475. The van der Waals surface area contributed by atoms with Crippen LogP contribution in [0.4, 0.5) is 5.69 Å². The number of nitrogens with one attached hydrogen (secondary N) is 1. The van der Waals surface area contributed by atoms with Gasteiger partial charge < -0.3 is 10.4 Å². The van der Waals surface area contributed by atoms with Crippen LogP contribution in [0.15, 0.2) is 48.5 Å². The van der Waals surface area contributed by atoms with Gasteiger partial charge in [-0.25, -0.2) is 0 Å². The number of phenols is 1. The van der Waals surface area contributed by atoms with E-state index in [-0.39, 0.29) is 6.04 Å². The molecule has 2 heteroatoms. The van der Waals surface area contributed by atoms with E-state index in [2.05, 4.69) is 43.4 Å². The number of hydrogen-bond acceptors (Lipinski definition) is 2. The molecule has 2 rings (SSSR count). The van der Waals surface area contributed by atoms with Gasteiger partial charge >= 0.3 is 0 Å². The molecule has 0 spiro atoms. The normalized spacial score (nSPS) is 12.4. The summed E-state index contributed by atoms with van der Waals surface area (Å²) < 4.78 is 0. The van der Waals surface area contributed by atoms with Gasteiger partial charge in [-0.05, 0) is 42.2 Å². The van der Waals surface area contributed by atoms with E-state index in [4.69, 9.17) is 0 Å². The molecule has 2 aromatic carbocycles. The zero-order chi connectivity index (χ0) is 13.8. The Morgan fingerprint density at radius 3 is 2.26 bits per heavy atom. The van der Waals surface area contributed by atoms with E-state index >= 15 is 0 Å². The van der Waals surface area contributed by atoms with Crippen molar-refractivity contribution in [3.8, 4) is 5.75 Å². The van der Waals surface area contributed by atoms with Crippen molar-refractivity contribution in [1.82, 2.24) is 0 Å². The zero-order valence-corrected chi connectivity index (χ0v) is 11.7. The van der Waals surface area contributed by atoms with E-state index in [9.17, 15) is 5.11 Å². The fourth-order valence-corrected chi connectivity index (χ4v) is 2.27. The number of aryl methyl sites for hydroxylation is 1. The van der Waals surface area contributed by atoms with Crippen LogP contribution in [0.3, 0.4) is 0 Å². The molecule has 2 nitrogen and oxygen atoms in total. The fourth-order valence-electron chi connectivity index (χ4n) is 2.27. The Balaban J connectivity index is 2.27. The monoisotopic (exact) mass is 255 g/mol. The molecule has 0 radical (unpaired) electrons. The molecule has 0 heterocycles. The van der Waals surface area contributed by atoms with Crippen LogP contribution in [0.1, 0.15) is 31.0 Å². The number of hydrogen-bond donors (Lipinski definition) is 2. The Hall–Kier alpha value is -1.96. The first-order valence-electron chi connectivity index (χ1n) is 6.69. The summed E-state index contributed by atoms with van der Waals surface area (Å²) in [6.07, 6.45) is 0. The van der Waals surface area contributed by atoms with E-state index in [1.54, 1.807) is 12.1 Å². The van der Waals surface area contributed by atoms with Crippen LogP contribution in [0, 0.1) is 12.8 Å². The number of rotatable bonds is 4. The van der Waals surface area contributed by atoms with Crippen molar-refractivity contribution in [1.29, 1.82) is 0 Å². The molecule has 2 aromatic rings. The molecule has 0 fully saturated rings. The largest absolute Gasteiger partial charge is 0.508 e. The van der Waals surface area contributed by atoms with Crippen LogP contribution in [0.25, 0.3) is 0 Å². The van der Waals surface area contributed by atoms with Gasteiger partial charge in [0.25, 0.3) is 0 Å². The van der Waals surface area contributed by atoms with E-state index in [0.29, 0.717) is 11.7 Å². The molecule has 1 atom stereocenters. The maximum absolute atomic E-state index is 9.47. The SMILES string of the molecule is Cc1cc(O)ccc1NC(c1ccccc1)C(C)C. The van der Waals surface area contributed by atoms with Crippen molar-refractivity contribution in [2.24, 2.45) is 5.92 Å². The molecule has 100 valence electrons. The van der Waals surface area contributed by atoms with E-state index < -0.39 is 0 Å². The van der Waals surface area contributed by atoms with Gasteiger partial charge in [0.2, 0.25) is 0 Å². The topological polar surface area (TPSA) is 32.3 Å². The fraction of sp³-hybridized carbons (Fsp3) is 0.294. The van der Waals surface area contributed by atoms with Crippen molar-refractivity contribution in [2.45, 2.75) is 26.8 Å². The first-order chi connectivity index (χ1) is 9.08. The maximum atomic E-state index is 9.47. The Morgan fingerprint density at radius 2 is 1.68 bits per heavy atom. The molecular weight excluding hydrogens is 234 g/mol. The molecule has 0 aromatic heterocycles. The van der Waals surface area contributed by atoms with Gasteiger partial charge in [-0.3, -0.25) is 0 Å². The van der Waals surface area contributed by atoms with Crippen LogP contribution < -0.4 is 5.32 Å². The van der Waals surface area contributed by atoms with Crippen molar-refractivity contribution in [3.05, 3.63) is 59.7 Å². The number of aromatic hydroxyl groups is 1. The molecule has 0 amide bonds. The average molecular weight is 255 g/mol. The summed E-state index contributed by atoms with van der Waals surface area (Å²) in [5.41, 5.74) is 3.41. The average Bonchev–Trinajstić information content (AvgIpc) is 2.38. The minimum absolute atomic E-state index is 0.268. The van der Waals surface area contributed by atoms with Gasteiger partial charge in [0.15, 0.2) is 0 Å². The second kappa shape index (κ2) is 5.79. The zero-order valence-electron chi connectivity index (χ0n) is 11.7.